The molecule has 0 bridgehead atoms. The number of anilines is 2. The molecule has 0 amide bonds. The fourth-order valence-corrected chi connectivity index (χ4v) is 5.87. The number of rotatable bonds is 8. The zero-order chi connectivity index (χ0) is 37.3. The van der Waals surface area contributed by atoms with Crippen molar-refractivity contribution in [3.05, 3.63) is 82.5 Å². The van der Waals surface area contributed by atoms with E-state index in [4.69, 9.17) is 57.6 Å². The van der Waals surface area contributed by atoms with E-state index in [9.17, 15) is 0 Å². The second-order valence-electron chi connectivity index (χ2n) is 12.0. The molecule has 6 rings (SSSR count). The van der Waals surface area contributed by atoms with Crippen molar-refractivity contribution in [2.45, 2.75) is 55.4 Å². The molecule has 272 valence electrons. The summed E-state index contributed by atoms with van der Waals surface area (Å²) in [6, 6.07) is 20.7. The molecule has 0 unspecified atom stereocenters. The number of nitrogens with zero attached hydrogens (tertiary/aromatic N) is 4. The predicted molar refractivity (Wildman–Crippen MR) is 215 cm³/mol. The van der Waals surface area contributed by atoms with Crippen LogP contribution in [0.4, 0.5) is 11.4 Å². The molecular weight excluding hydrogens is 780 g/mol. The monoisotopic (exact) mass is 824 g/mol. The molecule has 2 N–H and O–H groups in total. The Hall–Kier alpha value is -2.94. The quantitative estimate of drug-likeness (QED) is 0.0904. The van der Waals surface area contributed by atoms with Crippen molar-refractivity contribution in [1.82, 2.24) is 19.1 Å². The molecule has 0 spiro atoms. The van der Waals surface area contributed by atoms with Crippen molar-refractivity contribution in [3.8, 4) is 22.9 Å². The number of hydrogen-bond acceptors (Lipinski definition) is 6. The fraction of sp³-hybridized carbons (Fsp3) is 0.368. The molecule has 13 heteroatoms. The number of aromatic nitrogens is 2. The van der Waals surface area contributed by atoms with E-state index in [1.54, 1.807) is 0 Å². The van der Waals surface area contributed by atoms with Crippen molar-refractivity contribution >= 4 is 72.3 Å². The molecule has 0 saturated carbocycles. The second kappa shape index (κ2) is 18.7. The first-order valence-electron chi connectivity index (χ1n) is 17.7. The summed E-state index contributed by atoms with van der Waals surface area (Å²) >= 11 is 0. The number of hydrogen-bond donors (Lipinski definition) is 2. The molecule has 0 radical (unpaired) electrons. The van der Waals surface area contributed by atoms with E-state index in [0.29, 0.717) is 0 Å². The van der Waals surface area contributed by atoms with Crippen molar-refractivity contribution in [1.29, 1.82) is 0 Å². The molecule has 0 aromatic heterocycles. The van der Waals surface area contributed by atoms with E-state index in [1.165, 1.54) is 21.8 Å². The van der Waals surface area contributed by atoms with Crippen LogP contribution in [0, 0.1) is 13.8 Å². The number of halogens is 4. The normalized spacial score (nSPS) is 11.2. The van der Waals surface area contributed by atoms with Gasteiger partial charge in [0, 0.05) is 48.7 Å². The van der Waals surface area contributed by atoms with Crippen LogP contribution in [-0.2, 0) is 10.8 Å². The first-order chi connectivity index (χ1) is 24.3. The van der Waals surface area contributed by atoms with Crippen LogP contribution in [0.15, 0.2) is 69.5 Å². The van der Waals surface area contributed by atoms with E-state index in [-0.39, 0.29) is 0 Å². The van der Waals surface area contributed by atoms with E-state index in [1.807, 2.05) is 24.3 Å². The van der Waals surface area contributed by atoms with Gasteiger partial charge < -0.3 is 19.5 Å². The first kappa shape index (κ1) is 40.8. The molecule has 0 fully saturated rings. The van der Waals surface area contributed by atoms with Crippen molar-refractivity contribution in [3.63, 3.8) is 0 Å². The van der Waals surface area contributed by atoms with Gasteiger partial charge in [0.25, 0.3) is 0 Å². The third-order valence-electron chi connectivity index (χ3n) is 8.41. The molecule has 0 atom stereocenters. The number of benzene rings is 4. The Balaban J connectivity index is 0.000000202. The topological polar surface area (TPSA) is 82.1 Å². The Morgan fingerprint density at radius 1 is 0.569 bits per heavy atom. The van der Waals surface area contributed by atoms with Gasteiger partial charge in [-0.3, -0.25) is 0 Å². The van der Waals surface area contributed by atoms with Crippen molar-refractivity contribution in [2.75, 3.05) is 49.9 Å². The van der Waals surface area contributed by atoms with Crippen LogP contribution in [0.1, 0.15) is 52.7 Å². The minimum absolute atomic E-state index is 0.816. The van der Waals surface area contributed by atoms with E-state index in [0.717, 1.165) is 95.8 Å². The molecule has 4 aliphatic rings. The van der Waals surface area contributed by atoms with Gasteiger partial charge in [-0.15, -0.1) is 0 Å². The van der Waals surface area contributed by atoms with E-state index < -0.39 is 10.8 Å². The van der Waals surface area contributed by atoms with Crippen molar-refractivity contribution in [2.24, 2.45) is 0 Å². The van der Waals surface area contributed by atoms with Gasteiger partial charge in [-0.25, -0.2) is 19.1 Å². The molecule has 2 aromatic carbocycles. The average Bonchev–Trinajstić information content (AvgIpc) is 3.08. The van der Waals surface area contributed by atoms with E-state index in [2.05, 4.69) is 112 Å². The standard InChI is InChI=1S/2C19H23N3O.4ClH.Zn/c2*1-5-20-16-12-19-17(10-13(16)4)21-15-9-8-14(11-18(15)23-19)22(6-2)7-3;;;;;/h2*8-12H,5-7H2,1-4H3;4*1H;/q;;;;;;+2/p-2. The molecule has 2 heterocycles. The summed E-state index contributed by atoms with van der Waals surface area (Å²) in [5.74, 6) is 1.65. The maximum absolute atomic E-state index is 6.14. The summed E-state index contributed by atoms with van der Waals surface area (Å²) in [5.41, 5.74) is 9.77. The summed E-state index contributed by atoms with van der Waals surface area (Å²) in [6.07, 6.45) is 0. The van der Waals surface area contributed by atoms with Crippen LogP contribution in [0.2, 0.25) is 0 Å². The van der Waals surface area contributed by atoms with Crippen LogP contribution in [0.3, 0.4) is 0 Å². The van der Waals surface area contributed by atoms with Gasteiger partial charge in [-0.1, -0.05) is 0 Å². The van der Waals surface area contributed by atoms with Gasteiger partial charge in [0.15, 0.2) is 22.7 Å². The van der Waals surface area contributed by atoms with Gasteiger partial charge in [-0.05, 0) is 90.8 Å². The summed E-state index contributed by atoms with van der Waals surface area (Å²) in [6.45, 7) is 22.7. The van der Waals surface area contributed by atoms with Gasteiger partial charge in [-0.2, -0.15) is 0 Å². The summed E-state index contributed by atoms with van der Waals surface area (Å²) in [7, 11) is 16.8. The molecule has 2 aromatic rings. The Labute approximate surface area is 319 Å². The minimum atomic E-state index is -3.36. The molecular formula is C38H48Cl4N6O2Zn. The van der Waals surface area contributed by atoms with Crippen LogP contribution >= 0.6 is 38.8 Å². The predicted octanol–water partition coefficient (Wildman–Crippen LogP) is 9.73. The Kier molecular flexibility index (Phi) is 15.0. The molecule has 2 aliphatic heterocycles. The van der Waals surface area contributed by atoms with Crippen molar-refractivity contribution < 1.29 is 19.6 Å². The van der Waals surface area contributed by atoms with Crippen LogP contribution < -0.4 is 30.5 Å². The summed E-state index contributed by atoms with van der Waals surface area (Å²) in [5, 5.41) is 9.08. The van der Waals surface area contributed by atoms with Gasteiger partial charge in [0.2, 0.25) is 10.7 Å². The van der Waals surface area contributed by atoms with Crippen LogP contribution in [0.5, 0.6) is 0 Å². The van der Waals surface area contributed by atoms with Crippen LogP contribution in [-0.4, -0.2) is 49.2 Å². The SMILES string of the molecule is CCNc1cc2oc3cc(=[N+](CC)CC)ccc-3nc2cc1C.CCNc1cc2oc3cc(=[N+](CC)CC)ccc-3nc2cc1C.[Cl][Zn-2]([Cl])([Cl])[Cl]. The molecule has 2 aliphatic carbocycles. The fourth-order valence-electron chi connectivity index (χ4n) is 5.87. The molecule has 0 saturated heterocycles. The Morgan fingerprint density at radius 2 is 0.922 bits per heavy atom. The van der Waals surface area contributed by atoms with Gasteiger partial charge >= 0.3 is 49.6 Å². The third-order valence-corrected chi connectivity index (χ3v) is 8.41. The maximum atomic E-state index is 6.14. The first-order valence-corrected chi connectivity index (χ1v) is 33.3. The molecule has 8 nitrogen and oxygen atoms in total. The van der Waals surface area contributed by atoms with Gasteiger partial charge in [0.1, 0.15) is 48.6 Å². The van der Waals surface area contributed by atoms with Gasteiger partial charge in [0.05, 0.1) is 12.1 Å². The zero-order valence-corrected chi connectivity index (χ0v) is 36.8. The summed E-state index contributed by atoms with van der Waals surface area (Å²) < 4.78 is 16.9. The Morgan fingerprint density at radius 3 is 1.24 bits per heavy atom. The third kappa shape index (κ3) is 11.0. The summed E-state index contributed by atoms with van der Waals surface area (Å²) in [4.78, 5) is 9.50. The Bertz CT molecular complexity index is 2010. The van der Waals surface area contributed by atoms with Crippen LogP contribution in [0.25, 0.3) is 45.1 Å². The zero-order valence-electron chi connectivity index (χ0n) is 30.8. The number of fused-ring (bicyclic) bond motifs is 4. The average molecular weight is 828 g/mol. The second-order valence-corrected chi connectivity index (χ2v) is 39.8. The molecule has 51 heavy (non-hydrogen) atoms. The number of nitrogens with one attached hydrogen (secondary N) is 2. The van der Waals surface area contributed by atoms with E-state index >= 15 is 0 Å². The number of aryl methyl sites for hydroxylation is 2.